The van der Waals surface area contributed by atoms with E-state index in [0.717, 1.165) is 62.8 Å². The Morgan fingerprint density at radius 2 is 1.85 bits per heavy atom. The first-order valence-electron chi connectivity index (χ1n) is 9.43. The molecule has 0 radical (unpaired) electrons. The molecule has 1 aliphatic carbocycles. The first kappa shape index (κ1) is 17.0. The van der Waals surface area contributed by atoms with E-state index < -0.39 is 0 Å². The van der Waals surface area contributed by atoms with Crippen LogP contribution in [0.5, 0.6) is 0 Å². The van der Waals surface area contributed by atoms with Crippen molar-refractivity contribution < 1.29 is 4.79 Å². The van der Waals surface area contributed by atoms with Crippen LogP contribution in [0.15, 0.2) is 42.6 Å². The summed E-state index contributed by atoms with van der Waals surface area (Å²) in [7, 11) is 0. The summed E-state index contributed by atoms with van der Waals surface area (Å²) in [6, 6.07) is 12.6. The van der Waals surface area contributed by atoms with Gasteiger partial charge in [0, 0.05) is 56.9 Å². The summed E-state index contributed by atoms with van der Waals surface area (Å²) in [5.41, 5.74) is 2.06. The lowest BCUT2D eigenvalue weighted by Gasteiger charge is -2.34. The highest BCUT2D eigenvalue weighted by molar-refractivity contribution is 5.76. The predicted molar refractivity (Wildman–Crippen MR) is 102 cm³/mol. The van der Waals surface area contributed by atoms with Gasteiger partial charge in [-0.05, 0) is 18.9 Å². The highest BCUT2D eigenvalue weighted by Crippen LogP contribution is 2.20. The van der Waals surface area contributed by atoms with Crippen LogP contribution in [-0.2, 0) is 4.79 Å². The minimum absolute atomic E-state index is 0.189. The van der Waals surface area contributed by atoms with Crippen molar-refractivity contribution in [1.29, 1.82) is 0 Å². The molecule has 1 N–H and O–H groups in total. The summed E-state index contributed by atoms with van der Waals surface area (Å²) in [5.74, 6) is 0.978. The minimum Gasteiger partial charge on any atom is -0.353 e. The van der Waals surface area contributed by atoms with E-state index in [1.54, 1.807) is 0 Å². The number of carbonyl (C=O) groups is 1. The van der Waals surface area contributed by atoms with Gasteiger partial charge in [0.15, 0.2) is 0 Å². The maximum absolute atomic E-state index is 11.8. The zero-order valence-electron chi connectivity index (χ0n) is 15.0. The molecule has 1 aromatic heterocycles. The highest BCUT2D eigenvalue weighted by atomic mass is 16.1. The molecule has 0 unspecified atom stereocenters. The van der Waals surface area contributed by atoms with Gasteiger partial charge in [0.1, 0.15) is 0 Å². The fourth-order valence-electron chi connectivity index (χ4n) is 3.23. The fraction of sp³-hybridized carbons (Fsp3) is 0.450. The van der Waals surface area contributed by atoms with Crippen molar-refractivity contribution in [3.8, 4) is 11.3 Å². The van der Waals surface area contributed by atoms with Gasteiger partial charge in [-0.15, -0.1) is 0 Å². The molecule has 1 saturated carbocycles. The number of aromatic nitrogens is 2. The number of piperazine rings is 1. The van der Waals surface area contributed by atoms with Crippen LogP contribution in [0.3, 0.4) is 0 Å². The molecule has 1 saturated heterocycles. The van der Waals surface area contributed by atoms with Gasteiger partial charge in [-0.25, -0.2) is 9.97 Å². The number of anilines is 1. The molecule has 1 amide bonds. The summed E-state index contributed by atoms with van der Waals surface area (Å²) >= 11 is 0. The largest absolute Gasteiger partial charge is 0.353 e. The van der Waals surface area contributed by atoms with Crippen molar-refractivity contribution in [2.75, 3.05) is 37.6 Å². The summed E-state index contributed by atoms with van der Waals surface area (Å²) in [6.45, 7) is 4.49. The molecule has 4 rings (SSSR count). The number of nitrogens with zero attached hydrogens (tertiary/aromatic N) is 4. The third kappa shape index (κ3) is 4.38. The first-order valence-corrected chi connectivity index (χ1v) is 9.43. The molecule has 2 aromatic rings. The van der Waals surface area contributed by atoms with E-state index in [4.69, 9.17) is 4.98 Å². The van der Waals surface area contributed by atoms with E-state index in [2.05, 4.69) is 32.2 Å². The van der Waals surface area contributed by atoms with Gasteiger partial charge >= 0.3 is 0 Å². The van der Waals surface area contributed by atoms with Crippen LogP contribution in [-0.4, -0.2) is 59.5 Å². The second-order valence-corrected chi connectivity index (χ2v) is 7.03. The summed E-state index contributed by atoms with van der Waals surface area (Å²) in [6.07, 6.45) is 4.72. The zero-order valence-corrected chi connectivity index (χ0v) is 15.0. The smallest absolute Gasteiger partial charge is 0.225 e. The van der Waals surface area contributed by atoms with Gasteiger partial charge < -0.3 is 10.2 Å². The molecule has 6 nitrogen and oxygen atoms in total. The Balaban J connectivity index is 1.29. The molecule has 0 spiro atoms. The zero-order chi connectivity index (χ0) is 17.8. The van der Waals surface area contributed by atoms with Crippen LogP contribution in [0.4, 0.5) is 5.95 Å². The molecular formula is C20H25N5O. The number of hydrogen-bond acceptors (Lipinski definition) is 5. The van der Waals surface area contributed by atoms with Crippen LogP contribution in [0.1, 0.15) is 19.3 Å². The molecule has 136 valence electrons. The van der Waals surface area contributed by atoms with Gasteiger partial charge in [0.25, 0.3) is 0 Å². The Morgan fingerprint density at radius 1 is 1.08 bits per heavy atom. The van der Waals surface area contributed by atoms with Crippen molar-refractivity contribution in [2.24, 2.45) is 0 Å². The van der Waals surface area contributed by atoms with Crippen molar-refractivity contribution >= 4 is 11.9 Å². The van der Waals surface area contributed by atoms with E-state index in [9.17, 15) is 4.79 Å². The van der Waals surface area contributed by atoms with Crippen molar-refractivity contribution in [2.45, 2.75) is 25.3 Å². The molecule has 2 fully saturated rings. The number of benzene rings is 1. The standard InChI is InChI=1S/C20H25N5O/c26-19(22-17-6-7-17)9-11-24-12-14-25(15-13-24)20-21-10-8-18(23-20)16-4-2-1-3-5-16/h1-5,8,10,17H,6-7,9,11-15H2,(H,22,26). The Kier molecular flexibility index (Phi) is 5.11. The fourth-order valence-corrected chi connectivity index (χ4v) is 3.23. The number of nitrogens with one attached hydrogen (secondary N) is 1. The van der Waals surface area contributed by atoms with Crippen molar-refractivity contribution in [1.82, 2.24) is 20.2 Å². The SMILES string of the molecule is O=C(CCN1CCN(c2nccc(-c3ccccc3)n2)CC1)NC1CC1. The molecule has 1 aromatic carbocycles. The topological polar surface area (TPSA) is 61.4 Å². The molecule has 2 heterocycles. The third-order valence-corrected chi connectivity index (χ3v) is 4.97. The minimum atomic E-state index is 0.189. The first-order chi connectivity index (χ1) is 12.8. The Morgan fingerprint density at radius 3 is 2.58 bits per heavy atom. The molecule has 1 aliphatic heterocycles. The maximum atomic E-state index is 11.8. The molecule has 0 bridgehead atoms. The number of rotatable bonds is 6. The summed E-state index contributed by atoms with van der Waals surface area (Å²) in [5, 5.41) is 3.05. The number of carbonyl (C=O) groups excluding carboxylic acids is 1. The lowest BCUT2D eigenvalue weighted by molar-refractivity contribution is -0.121. The van der Waals surface area contributed by atoms with Crippen LogP contribution < -0.4 is 10.2 Å². The highest BCUT2D eigenvalue weighted by Gasteiger charge is 2.24. The molecular weight excluding hydrogens is 326 g/mol. The van der Waals surface area contributed by atoms with E-state index in [-0.39, 0.29) is 5.91 Å². The van der Waals surface area contributed by atoms with E-state index in [1.165, 1.54) is 0 Å². The van der Waals surface area contributed by atoms with Gasteiger partial charge in [0.05, 0.1) is 5.69 Å². The average molecular weight is 351 g/mol. The Labute approximate surface area is 154 Å². The van der Waals surface area contributed by atoms with Crippen molar-refractivity contribution in [3.05, 3.63) is 42.6 Å². The van der Waals surface area contributed by atoms with E-state index >= 15 is 0 Å². The molecule has 6 heteroatoms. The van der Waals surface area contributed by atoms with Crippen LogP contribution in [0.2, 0.25) is 0 Å². The molecule has 2 aliphatic rings. The van der Waals surface area contributed by atoms with Gasteiger partial charge in [-0.2, -0.15) is 0 Å². The predicted octanol–water partition coefficient (Wildman–Crippen LogP) is 1.93. The molecule has 26 heavy (non-hydrogen) atoms. The lowest BCUT2D eigenvalue weighted by Crippen LogP contribution is -2.47. The van der Waals surface area contributed by atoms with E-state index in [1.807, 2.05) is 30.5 Å². The summed E-state index contributed by atoms with van der Waals surface area (Å²) in [4.78, 5) is 25.6. The van der Waals surface area contributed by atoms with Gasteiger partial charge in [-0.1, -0.05) is 30.3 Å². The van der Waals surface area contributed by atoms with Crippen LogP contribution in [0.25, 0.3) is 11.3 Å². The second-order valence-electron chi connectivity index (χ2n) is 7.03. The normalized spacial score (nSPS) is 17.9. The number of hydrogen-bond donors (Lipinski definition) is 1. The summed E-state index contributed by atoms with van der Waals surface area (Å²) < 4.78 is 0. The molecule has 0 atom stereocenters. The van der Waals surface area contributed by atoms with Crippen LogP contribution in [0, 0.1) is 0 Å². The monoisotopic (exact) mass is 351 g/mol. The maximum Gasteiger partial charge on any atom is 0.225 e. The lowest BCUT2D eigenvalue weighted by atomic mass is 10.1. The van der Waals surface area contributed by atoms with Crippen LogP contribution >= 0.6 is 0 Å². The van der Waals surface area contributed by atoms with Gasteiger partial charge in [0.2, 0.25) is 11.9 Å². The van der Waals surface area contributed by atoms with E-state index in [0.29, 0.717) is 12.5 Å². The second kappa shape index (κ2) is 7.83. The average Bonchev–Trinajstić information content (AvgIpc) is 3.51. The Bertz CT molecular complexity index is 739. The Hall–Kier alpha value is -2.47. The quantitative estimate of drug-likeness (QED) is 0.862. The third-order valence-electron chi connectivity index (χ3n) is 4.97. The van der Waals surface area contributed by atoms with Crippen molar-refractivity contribution in [3.63, 3.8) is 0 Å². The van der Waals surface area contributed by atoms with Gasteiger partial charge in [-0.3, -0.25) is 9.69 Å². The number of amides is 1.